The van der Waals surface area contributed by atoms with Gasteiger partial charge in [0.05, 0.1) is 26.9 Å². The lowest BCUT2D eigenvalue weighted by molar-refractivity contribution is 0.0947. The molecule has 0 unspecified atom stereocenters. The summed E-state index contributed by atoms with van der Waals surface area (Å²) in [6.07, 6.45) is 0. The fraction of sp³-hybridized carbons (Fsp3) is 0.174. The lowest BCUT2D eigenvalue weighted by Crippen LogP contribution is -2.23. The molecule has 3 aromatic carbocycles. The Balaban J connectivity index is 1.65. The van der Waals surface area contributed by atoms with Crippen molar-refractivity contribution in [3.63, 3.8) is 0 Å². The number of ether oxygens (including phenoxy) is 4. The fourth-order valence-corrected chi connectivity index (χ4v) is 2.80. The Labute approximate surface area is 174 Å². The van der Waals surface area contributed by atoms with Crippen molar-refractivity contribution >= 4 is 5.91 Å². The molecule has 0 saturated carbocycles. The van der Waals surface area contributed by atoms with Crippen LogP contribution in [0.4, 0.5) is 4.39 Å². The molecule has 0 aliphatic carbocycles. The third kappa shape index (κ3) is 5.00. The summed E-state index contributed by atoms with van der Waals surface area (Å²) in [7, 11) is 4.50. The van der Waals surface area contributed by atoms with Gasteiger partial charge in [0.25, 0.3) is 5.91 Å². The second kappa shape index (κ2) is 9.65. The van der Waals surface area contributed by atoms with Gasteiger partial charge in [0.2, 0.25) is 0 Å². The Morgan fingerprint density at radius 2 is 1.33 bits per heavy atom. The van der Waals surface area contributed by atoms with Crippen LogP contribution in [0.3, 0.4) is 0 Å². The first-order chi connectivity index (χ1) is 14.5. The van der Waals surface area contributed by atoms with Crippen LogP contribution in [-0.4, -0.2) is 27.2 Å². The van der Waals surface area contributed by atoms with E-state index in [0.29, 0.717) is 40.9 Å². The molecule has 1 amide bonds. The molecule has 6 nitrogen and oxygen atoms in total. The number of amides is 1. The number of hydrogen-bond acceptors (Lipinski definition) is 5. The molecular formula is C23H22FNO5. The van der Waals surface area contributed by atoms with E-state index in [4.69, 9.17) is 18.9 Å². The largest absolute Gasteiger partial charge is 0.496 e. The highest BCUT2D eigenvalue weighted by Gasteiger charge is 2.17. The van der Waals surface area contributed by atoms with Gasteiger partial charge in [0.1, 0.15) is 23.1 Å². The molecule has 3 rings (SSSR count). The Kier molecular flexibility index (Phi) is 6.75. The quantitative estimate of drug-likeness (QED) is 0.588. The van der Waals surface area contributed by atoms with Crippen LogP contribution in [0.15, 0.2) is 60.7 Å². The van der Waals surface area contributed by atoms with Crippen LogP contribution in [0.25, 0.3) is 0 Å². The number of hydrogen-bond donors (Lipinski definition) is 1. The van der Waals surface area contributed by atoms with E-state index in [1.165, 1.54) is 33.5 Å². The SMILES string of the molecule is COc1cc(OC)c(C(=O)NCc2ccc(Oc3ccc(F)cc3)cc2)cc1OC. The van der Waals surface area contributed by atoms with Gasteiger partial charge in [0.15, 0.2) is 11.5 Å². The van der Waals surface area contributed by atoms with Gasteiger partial charge < -0.3 is 24.3 Å². The Morgan fingerprint density at radius 1 is 0.800 bits per heavy atom. The van der Waals surface area contributed by atoms with Crippen molar-refractivity contribution in [2.24, 2.45) is 0 Å². The molecular weight excluding hydrogens is 389 g/mol. The van der Waals surface area contributed by atoms with Crippen molar-refractivity contribution in [1.82, 2.24) is 5.32 Å². The number of benzene rings is 3. The van der Waals surface area contributed by atoms with Gasteiger partial charge in [-0.1, -0.05) is 12.1 Å². The van der Waals surface area contributed by atoms with Crippen molar-refractivity contribution in [2.75, 3.05) is 21.3 Å². The van der Waals surface area contributed by atoms with E-state index in [1.807, 2.05) is 12.1 Å². The summed E-state index contributed by atoms with van der Waals surface area (Å²) < 4.78 is 34.4. The average Bonchev–Trinajstić information content (AvgIpc) is 2.78. The standard InChI is InChI=1S/C23H22FNO5/c1-27-20-13-22(29-3)21(28-2)12-19(20)23(26)25-14-15-4-8-17(9-5-15)30-18-10-6-16(24)7-11-18/h4-13H,14H2,1-3H3,(H,25,26). The Hall–Kier alpha value is -3.74. The first-order valence-electron chi connectivity index (χ1n) is 9.14. The maximum absolute atomic E-state index is 13.0. The topological polar surface area (TPSA) is 66.0 Å². The summed E-state index contributed by atoms with van der Waals surface area (Å²) in [6, 6.07) is 16.2. The van der Waals surface area contributed by atoms with Gasteiger partial charge in [0, 0.05) is 18.7 Å². The molecule has 1 N–H and O–H groups in total. The number of carbonyl (C=O) groups excluding carboxylic acids is 1. The van der Waals surface area contributed by atoms with E-state index < -0.39 is 0 Å². The van der Waals surface area contributed by atoms with Crippen LogP contribution < -0.4 is 24.3 Å². The summed E-state index contributed by atoms with van der Waals surface area (Å²) in [5.74, 6) is 1.82. The molecule has 0 aliphatic rings. The van der Waals surface area contributed by atoms with Crippen LogP contribution in [0.1, 0.15) is 15.9 Å². The number of halogens is 1. The molecule has 0 atom stereocenters. The molecule has 0 fully saturated rings. The summed E-state index contributed by atoms with van der Waals surface area (Å²) in [4.78, 5) is 12.7. The highest BCUT2D eigenvalue weighted by Crippen LogP contribution is 2.34. The molecule has 7 heteroatoms. The molecule has 0 radical (unpaired) electrons. The number of methoxy groups -OCH3 is 3. The van der Waals surface area contributed by atoms with E-state index in [9.17, 15) is 9.18 Å². The van der Waals surface area contributed by atoms with Crippen LogP contribution >= 0.6 is 0 Å². The van der Waals surface area contributed by atoms with Crippen molar-refractivity contribution in [2.45, 2.75) is 6.54 Å². The molecule has 0 aliphatic heterocycles. The maximum atomic E-state index is 13.0. The van der Waals surface area contributed by atoms with Crippen molar-refractivity contribution in [3.8, 4) is 28.7 Å². The highest BCUT2D eigenvalue weighted by molar-refractivity contribution is 5.97. The average molecular weight is 411 g/mol. The Bertz CT molecular complexity index is 1000. The molecule has 0 aromatic heterocycles. The van der Waals surface area contributed by atoms with Crippen LogP contribution in [0, 0.1) is 5.82 Å². The maximum Gasteiger partial charge on any atom is 0.255 e. The third-order valence-corrected chi connectivity index (χ3v) is 4.38. The summed E-state index contributed by atoms with van der Waals surface area (Å²) in [6.45, 7) is 0.313. The van der Waals surface area contributed by atoms with Gasteiger partial charge in [-0.3, -0.25) is 4.79 Å². The molecule has 3 aromatic rings. The summed E-state index contributed by atoms with van der Waals surface area (Å²) in [5, 5.41) is 2.86. The van der Waals surface area contributed by atoms with E-state index in [0.717, 1.165) is 5.56 Å². The first kappa shape index (κ1) is 21.0. The molecule has 0 spiro atoms. The van der Waals surface area contributed by atoms with Gasteiger partial charge in [-0.2, -0.15) is 0 Å². The van der Waals surface area contributed by atoms with Crippen LogP contribution in [0.5, 0.6) is 28.7 Å². The lowest BCUT2D eigenvalue weighted by atomic mass is 10.1. The van der Waals surface area contributed by atoms with Crippen LogP contribution in [-0.2, 0) is 6.54 Å². The summed E-state index contributed by atoms with van der Waals surface area (Å²) >= 11 is 0. The molecule has 0 heterocycles. The van der Waals surface area contributed by atoms with E-state index >= 15 is 0 Å². The predicted molar refractivity (Wildman–Crippen MR) is 110 cm³/mol. The fourth-order valence-electron chi connectivity index (χ4n) is 2.80. The van der Waals surface area contributed by atoms with Crippen molar-refractivity contribution in [1.29, 1.82) is 0 Å². The molecule has 0 bridgehead atoms. The molecule has 156 valence electrons. The number of nitrogens with one attached hydrogen (secondary N) is 1. The highest BCUT2D eigenvalue weighted by atomic mass is 19.1. The molecule has 30 heavy (non-hydrogen) atoms. The Morgan fingerprint density at radius 3 is 1.90 bits per heavy atom. The summed E-state index contributed by atoms with van der Waals surface area (Å²) in [5.41, 5.74) is 1.22. The minimum Gasteiger partial charge on any atom is -0.496 e. The number of carbonyl (C=O) groups is 1. The van der Waals surface area contributed by atoms with Gasteiger partial charge in [-0.05, 0) is 42.0 Å². The number of rotatable bonds is 8. The zero-order valence-electron chi connectivity index (χ0n) is 16.9. The van der Waals surface area contributed by atoms with Gasteiger partial charge in [-0.25, -0.2) is 4.39 Å². The lowest BCUT2D eigenvalue weighted by Gasteiger charge is -2.14. The smallest absolute Gasteiger partial charge is 0.255 e. The van der Waals surface area contributed by atoms with E-state index in [1.54, 1.807) is 36.4 Å². The minimum atomic E-state index is -0.320. The van der Waals surface area contributed by atoms with Gasteiger partial charge in [-0.15, -0.1) is 0 Å². The van der Waals surface area contributed by atoms with Crippen LogP contribution in [0.2, 0.25) is 0 Å². The monoisotopic (exact) mass is 411 g/mol. The van der Waals surface area contributed by atoms with Crippen molar-refractivity contribution < 1.29 is 28.1 Å². The zero-order valence-corrected chi connectivity index (χ0v) is 16.9. The second-order valence-electron chi connectivity index (χ2n) is 6.29. The second-order valence-corrected chi connectivity index (χ2v) is 6.29. The zero-order chi connectivity index (χ0) is 21.5. The minimum absolute atomic E-state index is 0.306. The first-order valence-corrected chi connectivity index (χ1v) is 9.14. The third-order valence-electron chi connectivity index (χ3n) is 4.38. The van der Waals surface area contributed by atoms with E-state index in [-0.39, 0.29) is 11.7 Å². The van der Waals surface area contributed by atoms with Crippen molar-refractivity contribution in [3.05, 3.63) is 77.6 Å². The predicted octanol–water partition coefficient (Wildman–Crippen LogP) is 4.57. The van der Waals surface area contributed by atoms with E-state index in [2.05, 4.69) is 5.32 Å². The van der Waals surface area contributed by atoms with Gasteiger partial charge >= 0.3 is 0 Å². The molecule has 0 saturated heterocycles. The normalized spacial score (nSPS) is 10.3.